The van der Waals surface area contributed by atoms with Crippen molar-refractivity contribution in [1.82, 2.24) is 5.32 Å². The molecule has 0 radical (unpaired) electrons. The smallest absolute Gasteiger partial charge is 0.127 e. The molecule has 1 N–H and O–H groups in total. The van der Waals surface area contributed by atoms with Gasteiger partial charge in [0.15, 0.2) is 0 Å². The van der Waals surface area contributed by atoms with Crippen molar-refractivity contribution >= 4 is 10.8 Å². The molecule has 0 aliphatic carbocycles. The van der Waals surface area contributed by atoms with Crippen molar-refractivity contribution < 1.29 is 9.47 Å². The van der Waals surface area contributed by atoms with Crippen LogP contribution >= 0.6 is 0 Å². The highest BCUT2D eigenvalue weighted by molar-refractivity contribution is 5.88. The molecular formula is C16H19NO2. The third-order valence-electron chi connectivity index (χ3n) is 3.47. The molecule has 1 fully saturated rings. The molecule has 3 heteroatoms. The average Bonchev–Trinajstić information content (AvgIpc) is 2.47. The minimum absolute atomic E-state index is 0.273. The monoisotopic (exact) mass is 257 g/mol. The van der Waals surface area contributed by atoms with Gasteiger partial charge >= 0.3 is 0 Å². The molecule has 3 rings (SSSR count). The molecule has 2 aromatic rings. The number of nitrogens with one attached hydrogen (secondary N) is 1. The first kappa shape index (κ1) is 12.5. The summed E-state index contributed by atoms with van der Waals surface area (Å²) in [6.45, 7) is 4.32. The van der Waals surface area contributed by atoms with Crippen LogP contribution in [0.2, 0.25) is 0 Å². The molecular weight excluding hydrogens is 238 g/mol. The van der Waals surface area contributed by atoms with Crippen LogP contribution in [-0.2, 0) is 4.74 Å². The molecule has 1 aliphatic heterocycles. The SMILES string of the molecule is CC1CNC(COc2cccc3ccccc23)CO1. The third kappa shape index (κ3) is 2.88. The van der Waals surface area contributed by atoms with E-state index in [1.54, 1.807) is 0 Å². The number of hydrogen-bond donors (Lipinski definition) is 1. The van der Waals surface area contributed by atoms with Crippen LogP contribution in [0, 0.1) is 0 Å². The molecule has 19 heavy (non-hydrogen) atoms. The number of ether oxygens (including phenoxy) is 2. The van der Waals surface area contributed by atoms with Crippen molar-refractivity contribution in [3.8, 4) is 5.75 Å². The van der Waals surface area contributed by atoms with Crippen LogP contribution in [-0.4, -0.2) is 31.9 Å². The highest BCUT2D eigenvalue weighted by atomic mass is 16.5. The van der Waals surface area contributed by atoms with Gasteiger partial charge in [-0.2, -0.15) is 0 Å². The normalized spacial score (nSPS) is 23.4. The lowest BCUT2D eigenvalue weighted by Gasteiger charge is -2.28. The predicted octanol–water partition coefficient (Wildman–Crippen LogP) is 2.60. The highest BCUT2D eigenvalue weighted by Crippen LogP contribution is 2.25. The zero-order valence-corrected chi connectivity index (χ0v) is 11.1. The number of hydrogen-bond acceptors (Lipinski definition) is 3. The second-order valence-corrected chi connectivity index (χ2v) is 5.04. The first-order valence-corrected chi connectivity index (χ1v) is 6.78. The highest BCUT2D eigenvalue weighted by Gasteiger charge is 2.18. The molecule has 2 aromatic carbocycles. The average molecular weight is 257 g/mol. The molecule has 1 aliphatic rings. The second-order valence-electron chi connectivity index (χ2n) is 5.04. The van der Waals surface area contributed by atoms with E-state index in [-0.39, 0.29) is 6.04 Å². The molecule has 1 saturated heterocycles. The Labute approximate surface area is 113 Å². The van der Waals surface area contributed by atoms with E-state index < -0.39 is 0 Å². The molecule has 2 atom stereocenters. The van der Waals surface area contributed by atoms with Gasteiger partial charge in [0.25, 0.3) is 0 Å². The van der Waals surface area contributed by atoms with E-state index in [0.717, 1.165) is 17.7 Å². The molecule has 0 spiro atoms. The van der Waals surface area contributed by atoms with Crippen molar-refractivity contribution in [1.29, 1.82) is 0 Å². The Kier molecular flexibility index (Phi) is 3.67. The third-order valence-corrected chi connectivity index (χ3v) is 3.47. The fourth-order valence-corrected chi connectivity index (χ4v) is 2.35. The van der Waals surface area contributed by atoms with Gasteiger partial charge in [0.2, 0.25) is 0 Å². The lowest BCUT2D eigenvalue weighted by molar-refractivity contribution is 0.00470. The summed E-state index contributed by atoms with van der Waals surface area (Å²) < 4.78 is 11.6. The van der Waals surface area contributed by atoms with Gasteiger partial charge in [-0.15, -0.1) is 0 Å². The first-order valence-electron chi connectivity index (χ1n) is 6.78. The maximum atomic E-state index is 5.95. The van der Waals surface area contributed by atoms with Gasteiger partial charge in [-0.25, -0.2) is 0 Å². The quantitative estimate of drug-likeness (QED) is 0.916. The molecule has 100 valence electrons. The van der Waals surface area contributed by atoms with E-state index in [1.165, 1.54) is 5.39 Å². The Morgan fingerprint density at radius 2 is 2.05 bits per heavy atom. The second kappa shape index (κ2) is 5.59. The molecule has 2 unspecified atom stereocenters. The minimum atomic E-state index is 0.273. The van der Waals surface area contributed by atoms with Crippen molar-refractivity contribution in [3.63, 3.8) is 0 Å². The Morgan fingerprint density at radius 1 is 1.21 bits per heavy atom. The largest absolute Gasteiger partial charge is 0.491 e. The maximum absolute atomic E-state index is 5.95. The van der Waals surface area contributed by atoms with E-state index in [2.05, 4.69) is 30.4 Å². The standard InChI is InChI=1S/C16H19NO2/c1-12-9-17-14(10-18-12)11-19-16-8-4-6-13-5-2-3-7-15(13)16/h2-8,12,14,17H,9-11H2,1H3. The first-order chi connectivity index (χ1) is 9.33. The summed E-state index contributed by atoms with van der Waals surface area (Å²) in [5.41, 5.74) is 0. The van der Waals surface area contributed by atoms with Crippen LogP contribution < -0.4 is 10.1 Å². The van der Waals surface area contributed by atoms with Crippen molar-refractivity contribution in [2.45, 2.75) is 19.1 Å². The summed E-state index contributed by atoms with van der Waals surface area (Å²) in [7, 11) is 0. The summed E-state index contributed by atoms with van der Waals surface area (Å²) in [6.07, 6.45) is 0.300. The van der Waals surface area contributed by atoms with Crippen LogP contribution in [0.3, 0.4) is 0 Å². The van der Waals surface area contributed by atoms with Gasteiger partial charge in [0.1, 0.15) is 12.4 Å². The fourth-order valence-electron chi connectivity index (χ4n) is 2.35. The summed E-state index contributed by atoms with van der Waals surface area (Å²) >= 11 is 0. The molecule has 0 saturated carbocycles. The number of morpholine rings is 1. The molecule has 0 bridgehead atoms. The van der Waals surface area contributed by atoms with Crippen LogP contribution in [0.1, 0.15) is 6.92 Å². The van der Waals surface area contributed by atoms with Crippen molar-refractivity contribution in [3.05, 3.63) is 42.5 Å². The Morgan fingerprint density at radius 3 is 2.89 bits per heavy atom. The molecule has 0 amide bonds. The minimum Gasteiger partial charge on any atom is -0.491 e. The van der Waals surface area contributed by atoms with Gasteiger partial charge in [0.05, 0.1) is 18.8 Å². The zero-order valence-electron chi connectivity index (χ0n) is 11.1. The molecule has 0 aromatic heterocycles. The van der Waals surface area contributed by atoms with Gasteiger partial charge < -0.3 is 14.8 Å². The zero-order chi connectivity index (χ0) is 13.1. The van der Waals surface area contributed by atoms with E-state index in [0.29, 0.717) is 19.3 Å². The van der Waals surface area contributed by atoms with E-state index >= 15 is 0 Å². The number of rotatable bonds is 3. The van der Waals surface area contributed by atoms with Gasteiger partial charge in [-0.3, -0.25) is 0 Å². The Hall–Kier alpha value is -1.58. The van der Waals surface area contributed by atoms with Gasteiger partial charge in [0, 0.05) is 11.9 Å². The van der Waals surface area contributed by atoms with Gasteiger partial charge in [-0.1, -0.05) is 36.4 Å². The number of benzene rings is 2. The maximum Gasteiger partial charge on any atom is 0.127 e. The van der Waals surface area contributed by atoms with Crippen LogP contribution in [0.5, 0.6) is 5.75 Å². The molecule has 3 nitrogen and oxygen atoms in total. The van der Waals surface area contributed by atoms with Crippen molar-refractivity contribution in [2.75, 3.05) is 19.8 Å². The number of fused-ring (bicyclic) bond motifs is 1. The summed E-state index contributed by atoms with van der Waals surface area (Å²) in [5.74, 6) is 0.943. The Balaban J connectivity index is 1.68. The van der Waals surface area contributed by atoms with Gasteiger partial charge in [-0.05, 0) is 18.4 Å². The van der Waals surface area contributed by atoms with E-state index in [9.17, 15) is 0 Å². The lowest BCUT2D eigenvalue weighted by Crippen LogP contribution is -2.48. The van der Waals surface area contributed by atoms with E-state index in [4.69, 9.17) is 9.47 Å². The predicted molar refractivity (Wildman–Crippen MR) is 76.6 cm³/mol. The van der Waals surface area contributed by atoms with Crippen LogP contribution in [0.25, 0.3) is 10.8 Å². The topological polar surface area (TPSA) is 30.5 Å². The Bertz CT molecular complexity index is 542. The van der Waals surface area contributed by atoms with Crippen LogP contribution in [0.15, 0.2) is 42.5 Å². The lowest BCUT2D eigenvalue weighted by atomic mass is 10.1. The van der Waals surface area contributed by atoms with Crippen molar-refractivity contribution in [2.24, 2.45) is 0 Å². The summed E-state index contributed by atoms with van der Waals surface area (Å²) in [6, 6.07) is 14.7. The van der Waals surface area contributed by atoms with E-state index in [1.807, 2.05) is 24.3 Å². The fraction of sp³-hybridized carbons (Fsp3) is 0.375. The summed E-state index contributed by atoms with van der Waals surface area (Å²) in [5, 5.41) is 5.81. The molecule has 1 heterocycles. The summed E-state index contributed by atoms with van der Waals surface area (Å²) in [4.78, 5) is 0. The van der Waals surface area contributed by atoms with Crippen LogP contribution in [0.4, 0.5) is 0 Å².